The van der Waals surface area contributed by atoms with E-state index < -0.39 is 11.7 Å². The van der Waals surface area contributed by atoms with Crippen LogP contribution in [0, 0.1) is 0 Å². The average molecular weight is 331 g/mol. The van der Waals surface area contributed by atoms with Crippen molar-refractivity contribution in [2.45, 2.75) is 12.8 Å². The van der Waals surface area contributed by atoms with Gasteiger partial charge in [0.25, 0.3) is 5.91 Å². The summed E-state index contributed by atoms with van der Waals surface area (Å²) in [6.45, 7) is 0.306. The highest BCUT2D eigenvalue weighted by Gasteiger charge is 2.39. The lowest BCUT2D eigenvalue weighted by atomic mass is 9.99. The number of nitrogens with zero attached hydrogens (tertiary/aromatic N) is 1. The molecule has 1 amide bonds. The Morgan fingerprint density at radius 1 is 1.08 bits per heavy atom. The van der Waals surface area contributed by atoms with Gasteiger partial charge in [0.05, 0.1) is 16.8 Å². The molecule has 2 aromatic carbocycles. The summed E-state index contributed by atoms with van der Waals surface area (Å²) >= 11 is 0. The van der Waals surface area contributed by atoms with Crippen LogP contribution in [0.4, 0.5) is 18.9 Å². The number of hydrogen-bond acceptors (Lipinski definition) is 2. The molecule has 2 aromatic rings. The van der Waals surface area contributed by atoms with Crippen molar-refractivity contribution in [3.8, 4) is 0 Å². The maximum atomic E-state index is 13.0. The number of benzene rings is 2. The molecule has 24 heavy (non-hydrogen) atoms. The van der Waals surface area contributed by atoms with E-state index in [-0.39, 0.29) is 17.0 Å². The van der Waals surface area contributed by atoms with Crippen LogP contribution < -0.4 is 4.90 Å². The molecular weight excluding hydrogens is 319 g/mol. The topological polar surface area (TPSA) is 29.5 Å². The number of alkyl halides is 3. The molecule has 2 heterocycles. The van der Waals surface area contributed by atoms with Gasteiger partial charge in [-0.25, -0.2) is 0 Å². The van der Waals surface area contributed by atoms with Gasteiger partial charge >= 0.3 is 6.18 Å². The molecule has 4 rings (SSSR count). The highest BCUT2D eigenvalue weighted by Crippen LogP contribution is 2.45. The standard InChI is InChI=1S/C18H12F3NO2/c1-22-14-7-6-11(18(19,20)21)8-13(14)15(17(22)23)16-12-5-3-2-4-10(12)9-24-16/h2-8H,9H2,1H3/b16-15+. The van der Waals surface area contributed by atoms with Crippen molar-refractivity contribution in [3.63, 3.8) is 0 Å². The van der Waals surface area contributed by atoms with Crippen molar-refractivity contribution in [2.24, 2.45) is 0 Å². The van der Waals surface area contributed by atoms with Gasteiger partial charge in [-0.15, -0.1) is 0 Å². The largest absolute Gasteiger partial charge is 0.487 e. The first-order valence-electron chi connectivity index (χ1n) is 7.33. The second-order valence-electron chi connectivity index (χ2n) is 5.74. The van der Waals surface area contributed by atoms with Crippen LogP contribution in [0.15, 0.2) is 42.5 Å². The monoisotopic (exact) mass is 331 g/mol. The molecule has 0 bridgehead atoms. The van der Waals surface area contributed by atoms with Crippen molar-refractivity contribution in [1.82, 2.24) is 0 Å². The number of anilines is 1. The average Bonchev–Trinajstić information content (AvgIpc) is 3.07. The molecule has 0 atom stereocenters. The molecule has 122 valence electrons. The Bertz CT molecular complexity index is 899. The molecule has 0 unspecified atom stereocenters. The molecule has 3 nitrogen and oxygen atoms in total. The van der Waals surface area contributed by atoms with Crippen LogP contribution in [0.5, 0.6) is 0 Å². The van der Waals surface area contributed by atoms with Gasteiger partial charge in [0, 0.05) is 23.7 Å². The molecule has 0 N–H and O–H groups in total. The van der Waals surface area contributed by atoms with E-state index in [0.29, 0.717) is 18.1 Å². The maximum absolute atomic E-state index is 13.0. The van der Waals surface area contributed by atoms with Gasteiger partial charge in [-0.05, 0) is 18.2 Å². The van der Waals surface area contributed by atoms with Gasteiger partial charge in [0.2, 0.25) is 0 Å². The molecule has 0 saturated heterocycles. The van der Waals surface area contributed by atoms with Crippen LogP contribution in [0.1, 0.15) is 22.3 Å². The number of likely N-dealkylation sites (N-methyl/N-ethyl adjacent to an activating group) is 1. The third-order valence-corrected chi connectivity index (χ3v) is 4.33. The highest BCUT2D eigenvalue weighted by atomic mass is 19.4. The number of carbonyl (C=O) groups excluding carboxylic acids is 1. The predicted molar refractivity (Wildman–Crippen MR) is 82.9 cm³/mol. The molecule has 6 heteroatoms. The SMILES string of the molecule is CN1C(=O)/C(=C2/OCc3ccccc32)c2cc(C(F)(F)F)ccc21. The Kier molecular flexibility index (Phi) is 3.00. The van der Waals surface area contributed by atoms with Crippen molar-refractivity contribution < 1.29 is 22.7 Å². The van der Waals surface area contributed by atoms with Gasteiger partial charge in [-0.3, -0.25) is 4.79 Å². The number of rotatable bonds is 0. The van der Waals surface area contributed by atoms with Gasteiger partial charge in [-0.1, -0.05) is 24.3 Å². The van der Waals surface area contributed by atoms with Gasteiger partial charge in [-0.2, -0.15) is 13.2 Å². The van der Waals surface area contributed by atoms with E-state index in [2.05, 4.69) is 0 Å². The minimum absolute atomic E-state index is 0.184. The Morgan fingerprint density at radius 2 is 1.83 bits per heavy atom. The van der Waals surface area contributed by atoms with Crippen molar-refractivity contribution in [3.05, 3.63) is 64.7 Å². The Labute approximate surface area is 136 Å². The van der Waals surface area contributed by atoms with Gasteiger partial charge in [0.15, 0.2) is 0 Å². The minimum atomic E-state index is -4.47. The smallest absolute Gasteiger partial charge is 0.416 e. The van der Waals surface area contributed by atoms with Crippen molar-refractivity contribution in [2.75, 3.05) is 11.9 Å². The predicted octanol–water partition coefficient (Wildman–Crippen LogP) is 4.08. The first-order valence-corrected chi connectivity index (χ1v) is 7.33. The number of ether oxygens (including phenoxy) is 1. The number of carbonyl (C=O) groups is 1. The first-order chi connectivity index (χ1) is 11.4. The molecule has 0 spiro atoms. The zero-order valence-corrected chi connectivity index (χ0v) is 12.6. The fourth-order valence-electron chi connectivity index (χ4n) is 3.12. The van der Waals surface area contributed by atoms with E-state index >= 15 is 0 Å². The fraction of sp³-hybridized carbons (Fsp3) is 0.167. The fourth-order valence-corrected chi connectivity index (χ4v) is 3.12. The number of fused-ring (bicyclic) bond motifs is 2. The van der Waals surface area contributed by atoms with Crippen molar-refractivity contribution in [1.29, 1.82) is 0 Å². The molecule has 0 aliphatic carbocycles. The zero-order chi connectivity index (χ0) is 17.1. The van der Waals surface area contributed by atoms with E-state index in [0.717, 1.165) is 23.3 Å². The number of halogens is 3. The zero-order valence-electron chi connectivity index (χ0n) is 12.6. The lowest BCUT2D eigenvalue weighted by Gasteiger charge is -2.11. The third-order valence-electron chi connectivity index (χ3n) is 4.33. The summed E-state index contributed by atoms with van der Waals surface area (Å²) in [5.41, 5.74) is 1.76. The van der Waals surface area contributed by atoms with Crippen LogP contribution in [0.3, 0.4) is 0 Å². The Balaban J connectivity index is 1.97. The normalized spacial score (nSPS) is 19.3. The third kappa shape index (κ3) is 2.02. The summed E-state index contributed by atoms with van der Waals surface area (Å²) in [6, 6.07) is 10.7. The summed E-state index contributed by atoms with van der Waals surface area (Å²) in [5, 5.41) is 0. The quantitative estimate of drug-likeness (QED) is 0.681. The Hall–Kier alpha value is -2.76. The molecule has 2 aliphatic heterocycles. The van der Waals surface area contributed by atoms with Crippen LogP contribution in [0.25, 0.3) is 11.3 Å². The van der Waals surface area contributed by atoms with Crippen LogP contribution in [-0.4, -0.2) is 13.0 Å². The molecule has 2 aliphatic rings. The summed E-state index contributed by atoms with van der Waals surface area (Å²) in [4.78, 5) is 14.0. The molecule has 0 radical (unpaired) electrons. The van der Waals surface area contributed by atoms with Crippen LogP contribution in [0.2, 0.25) is 0 Å². The maximum Gasteiger partial charge on any atom is 0.416 e. The second kappa shape index (κ2) is 4.87. The number of hydrogen-bond donors (Lipinski definition) is 0. The summed E-state index contributed by atoms with van der Waals surface area (Å²) in [5.74, 6) is -0.0171. The van der Waals surface area contributed by atoms with Crippen molar-refractivity contribution >= 4 is 22.9 Å². The highest BCUT2D eigenvalue weighted by molar-refractivity contribution is 6.37. The summed E-state index contributed by atoms with van der Waals surface area (Å²) in [6.07, 6.45) is -4.47. The van der Waals surface area contributed by atoms with Crippen LogP contribution >= 0.6 is 0 Å². The molecule has 0 saturated carbocycles. The summed E-state index contributed by atoms with van der Waals surface area (Å²) in [7, 11) is 1.54. The van der Waals surface area contributed by atoms with Gasteiger partial charge in [0.1, 0.15) is 12.4 Å². The van der Waals surface area contributed by atoms with E-state index in [9.17, 15) is 18.0 Å². The van der Waals surface area contributed by atoms with Gasteiger partial charge < -0.3 is 9.64 Å². The molecule has 0 fully saturated rings. The van der Waals surface area contributed by atoms with Crippen LogP contribution in [-0.2, 0) is 22.3 Å². The Morgan fingerprint density at radius 3 is 2.58 bits per heavy atom. The molecule has 0 aromatic heterocycles. The van der Waals surface area contributed by atoms with E-state index in [1.54, 1.807) is 7.05 Å². The summed E-state index contributed by atoms with van der Waals surface area (Å²) < 4.78 is 44.8. The minimum Gasteiger partial charge on any atom is -0.487 e. The lowest BCUT2D eigenvalue weighted by molar-refractivity contribution is -0.137. The van der Waals surface area contributed by atoms with E-state index in [4.69, 9.17) is 4.74 Å². The first kappa shape index (κ1) is 14.8. The second-order valence-corrected chi connectivity index (χ2v) is 5.74. The van der Waals surface area contributed by atoms with E-state index in [1.165, 1.54) is 11.0 Å². The van der Waals surface area contributed by atoms with E-state index in [1.807, 2.05) is 24.3 Å². The number of amides is 1. The lowest BCUT2D eigenvalue weighted by Crippen LogP contribution is -2.20. The molecular formula is C18H12F3NO2.